The molecule has 0 radical (unpaired) electrons. The molecule has 0 aliphatic heterocycles. The molecule has 0 heterocycles. The van der Waals surface area contributed by atoms with E-state index in [1.807, 2.05) is 13.8 Å². The second-order valence-corrected chi connectivity index (χ2v) is 6.24. The molecule has 2 atom stereocenters. The fourth-order valence-corrected chi connectivity index (χ4v) is 1.71. The fraction of sp³-hybridized carbons (Fsp3) is 0.867. The SMILES string of the molecule is CC(CNC(=O)CNC(=O)C(C)C)CC(C)C(C)C. The smallest absolute Gasteiger partial charge is 0.239 e. The van der Waals surface area contributed by atoms with Gasteiger partial charge in [-0.25, -0.2) is 0 Å². The van der Waals surface area contributed by atoms with Crippen molar-refractivity contribution >= 4 is 11.8 Å². The van der Waals surface area contributed by atoms with Crippen LogP contribution in [0.5, 0.6) is 0 Å². The third kappa shape index (κ3) is 8.62. The summed E-state index contributed by atoms with van der Waals surface area (Å²) in [6, 6.07) is 0. The molecule has 4 nitrogen and oxygen atoms in total. The van der Waals surface area contributed by atoms with Gasteiger partial charge in [-0.05, 0) is 24.2 Å². The molecule has 0 aromatic heterocycles. The van der Waals surface area contributed by atoms with Crippen LogP contribution in [-0.2, 0) is 9.59 Å². The lowest BCUT2D eigenvalue weighted by Crippen LogP contribution is -2.40. The Labute approximate surface area is 117 Å². The van der Waals surface area contributed by atoms with Gasteiger partial charge in [0.25, 0.3) is 0 Å². The van der Waals surface area contributed by atoms with E-state index >= 15 is 0 Å². The van der Waals surface area contributed by atoms with Gasteiger partial charge in [0, 0.05) is 12.5 Å². The van der Waals surface area contributed by atoms with Crippen molar-refractivity contribution in [1.29, 1.82) is 0 Å². The zero-order valence-corrected chi connectivity index (χ0v) is 13.2. The van der Waals surface area contributed by atoms with Gasteiger partial charge in [-0.2, -0.15) is 0 Å². The van der Waals surface area contributed by atoms with Crippen LogP contribution < -0.4 is 10.6 Å². The van der Waals surface area contributed by atoms with E-state index in [9.17, 15) is 9.59 Å². The number of carbonyl (C=O) groups excluding carboxylic acids is 2. The van der Waals surface area contributed by atoms with E-state index in [1.165, 1.54) is 0 Å². The summed E-state index contributed by atoms with van der Waals surface area (Å²) in [6.45, 7) is 13.2. The van der Waals surface area contributed by atoms with Gasteiger partial charge < -0.3 is 10.6 Å². The Kier molecular flexibility index (Phi) is 8.44. The molecule has 2 amide bonds. The summed E-state index contributed by atoms with van der Waals surface area (Å²) in [5.74, 6) is 1.51. The molecule has 0 spiro atoms. The number of rotatable bonds is 8. The molecule has 0 aromatic carbocycles. The molecule has 0 aliphatic carbocycles. The predicted octanol–water partition coefficient (Wildman–Crippen LogP) is 2.19. The molecule has 2 unspecified atom stereocenters. The molecular formula is C15H30N2O2. The highest BCUT2D eigenvalue weighted by molar-refractivity contribution is 5.85. The molecule has 0 saturated carbocycles. The molecule has 19 heavy (non-hydrogen) atoms. The van der Waals surface area contributed by atoms with Crippen molar-refractivity contribution in [3.05, 3.63) is 0 Å². The Morgan fingerprint density at radius 3 is 2.00 bits per heavy atom. The maximum absolute atomic E-state index is 11.6. The summed E-state index contributed by atoms with van der Waals surface area (Å²) in [6.07, 6.45) is 1.11. The summed E-state index contributed by atoms with van der Waals surface area (Å²) < 4.78 is 0. The van der Waals surface area contributed by atoms with Crippen molar-refractivity contribution in [3.8, 4) is 0 Å². The van der Waals surface area contributed by atoms with E-state index < -0.39 is 0 Å². The summed E-state index contributed by atoms with van der Waals surface area (Å²) in [7, 11) is 0. The lowest BCUT2D eigenvalue weighted by molar-refractivity contribution is -0.127. The highest BCUT2D eigenvalue weighted by Gasteiger charge is 2.13. The van der Waals surface area contributed by atoms with Gasteiger partial charge in [-0.3, -0.25) is 9.59 Å². The maximum Gasteiger partial charge on any atom is 0.239 e. The molecule has 4 heteroatoms. The molecule has 0 saturated heterocycles. The van der Waals surface area contributed by atoms with Crippen molar-refractivity contribution < 1.29 is 9.59 Å². The highest BCUT2D eigenvalue weighted by Crippen LogP contribution is 2.18. The normalized spacial score (nSPS) is 14.3. The number of nitrogens with one attached hydrogen (secondary N) is 2. The molecule has 112 valence electrons. The van der Waals surface area contributed by atoms with Gasteiger partial charge in [0.15, 0.2) is 0 Å². The lowest BCUT2D eigenvalue weighted by atomic mass is 9.89. The zero-order chi connectivity index (χ0) is 15.0. The minimum Gasteiger partial charge on any atom is -0.354 e. The molecule has 0 fully saturated rings. The number of carbonyl (C=O) groups is 2. The van der Waals surface area contributed by atoms with Crippen molar-refractivity contribution in [3.63, 3.8) is 0 Å². The van der Waals surface area contributed by atoms with Crippen LogP contribution >= 0.6 is 0 Å². The van der Waals surface area contributed by atoms with E-state index in [0.717, 1.165) is 6.42 Å². The Morgan fingerprint density at radius 2 is 1.53 bits per heavy atom. The van der Waals surface area contributed by atoms with Crippen LogP contribution in [0.25, 0.3) is 0 Å². The van der Waals surface area contributed by atoms with Gasteiger partial charge in [0.05, 0.1) is 6.54 Å². The summed E-state index contributed by atoms with van der Waals surface area (Å²) in [5.41, 5.74) is 0. The van der Waals surface area contributed by atoms with E-state index in [0.29, 0.717) is 24.3 Å². The second-order valence-electron chi connectivity index (χ2n) is 6.24. The predicted molar refractivity (Wildman–Crippen MR) is 78.6 cm³/mol. The largest absolute Gasteiger partial charge is 0.354 e. The Bertz CT molecular complexity index is 288. The van der Waals surface area contributed by atoms with Gasteiger partial charge >= 0.3 is 0 Å². The van der Waals surface area contributed by atoms with Crippen molar-refractivity contribution in [2.24, 2.45) is 23.7 Å². The van der Waals surface area contributed by atoms with Crippen LogP contribution in [0.1, 0.15) is 48.0 Å². The topological polar surface area (TPSA) is 58.2 Å². The number of hydrogen-bond acceptors (Lipinski definition) is 2. The third-order valence-electron chi connectivity index (χ3n) is 3.51. The van der Waals surface area contributed by atoms with Crippen LogP contribution in [-0.4, -0.2) is 24.9 Å². The Balaban J connectivity index is 3.81. The summed E-state index contributed by atoms with van der Waals surface area (Å²) in [4.78, 5) is 22.9. The number of amides is 2. The monoisotopic (exact) mass is 270 g/mol. The molecular weight excluding hydrogens is 240 g/mol. The molecule has 2 N–H and O–H groups in total. The van der Waals surface area contributed by atoms with Crippen molar-refractivity contribution in [2.75, 3.05) is 13.1 Å². The standard InChI is InChI=1S/C15H30N2O2/c1-10(2)13(6)7-12(5)8-16-14(18)9-17-15(19)11(3)4/h10-13H,7-9H2,1-6H3,(H,16,18)(H,17,19). The fourth-order valence-electron chi connectivity index (χ4n) is 1.71. The molecule has 0 bridgehead atoms. The average molecular weight is 270 g/mol. The molecule has 0 rings (SSSR count). The van der Waals surface area contributed by atoms with Crippen LogP contribution in [0.3, 0.4) is 0 Å². The number of hydrogen-bond donors (Lipinski definition) is 2. The van der Waals surface area contributed by atoms with Gasteiger partial charge in [-0.1, -0.05) is 41.5 Å². The first-order valence-corrected chi connectivity index (χ1v) is 7.28. The van der Waals surface area contributed by atoms with Gasteiger partial charge in [-0.15, -0.1) is 0 Å². The highest BCUT2D eigenvalue weighted by atomic mass is 16.2. The van der Waals surface area contributed by atoms with Crippen LogP contribution in [0.2, 0.25) is 0 Å². The Hall–Kier alpha value is -1.06. The quantitative estimate of drug-likeness (QED) is 0.710. The average Bonchev–Trinajstić information content (AvgIpc) is 2.32. The first kappa shape index (κ1) is 17.9. The Morgan fingerprint density at radius 1 is 0.947 bits per heavy atom. The van der Waals surface area contributed by atoms with E-state index in [2.05, 4.69) is 38.3 Å². The van der Waals surface area contributed by atoms with Crippen LogP contribution in [0.15, 0.2) is 0 Å². The molecule has 0 aliphatic rings. The summed E-state index contributed by atoms with van der Waals surface area (Å²) in [5, 5.41) is 5.48. The molecule has 0 aromatic rings. The summed E-state index contributed by atoms with van der Waals surface area (Å²) >= 11 is 0. The zero-order valence-electron chi connectivity index (χ0n) is 13.2. The van der Waals surface area contributed by atoms with Crippen molar-refractivity contribution in [1.82, 2.24) is 10.6 Å². The second kappa shape index (κ2) is 8.94. The minimum atomic E-state index is -0.113. The lowest BCUT2D eigenvalue weighted by Gasteiger charge is -2.20. The van der Waals surface area contributed by atoms with Gasteiger partial charge in [0.1, 0.15) is 0 Å². The first-order valence-electron chi connectivity index (χ1n) is 7.28. The third-order valence-corrected chi connectivity index (χ3v) is 3.51. The minimum absolute atomic E-state index is 0.0729. The van der Waals surface area contributed by atoms with Gasteiger partial charge in [0.2, 0.25) is 11.8 Å². The van der Waals surface area contributed by atoms with E-state index in [-0.39, 0.29) is 24.3 Å². The van der Waals surface area contributed by atoms with Crippen LogP contribution in [0, 0.1) is 23.7 Å². The van der Waals surface area contributed by atoms with E-state index in [4.69, 9.17) is 0 Å². The maximum atomic E-state index is 11.6. The van der Waals surface area contributed by atoms with E-state index in [1.54, 1.807) is 0 Å². The van der Waals surface area contributed by atoms with Crippen molar-refractivity contribution in [2.45, 2.75) is 48.0 Å². The van der Waals surface area contributed by atoms with Crippen LogP contribution in [0.4, 0.5) is 0 Å². The first-order chi connectivity index (χ1) is 8.73.